The van der Waals surface area contributed by atoms with Gasteiger partial charge in [0.05, 0.1) is 12.8 Å². The Bertz CT molecular complexity index is 688. The number of nitrogens with one attached hydrogen (secondary N) is 1. The van der Waals surface area contributed by atoms with Gasteiger partial charge in [-0.2, -0.15) is 13.2 Å². The molecule has 0 aliphatic carbocycles. The zero-order valence-corrected chi connectivity index (χ0v) is 13.2. The number of halogens is 3. The van der Waals surface area contributed by atoms with E-state index < -0.39 is 11.9 Å². The second kappa shape index (κ2) is 6.66. The summed E-state index contributed by atoms with van der Waals surface area (Å²) in [4.78, 5) is 16.6. The molecule has 1 atom stereocenters. The van der Waals surface area contributed by atoms with E-state index >= 15 is 0 Å². The standard InChI is InChI=1S/C15H18F3N5O/c1-2-24-13-6-12(20-9-21-13)23-5-3-4-10(8-23)14-19-7-11(22-14)15(16,17)18/h6-7,9-10H,2-5,8H2,1H3,(H,19,22). The number of imidazole rings is 1. The summed E-state index contributed by atoms with van der Waals surface area (Å²) in [5.74, 6) is 1.47. The fourth-order valence-electron chi connectivity index (χ4n) is 2.83. The molecule has 0 bridgehead atoms. The Morgan fingerprint density at radius 1 is 1.33 bits per heavy atom. The highest BCUT2D eigenvalue weighted by atomic mass is 19.4. The maximum atomic E-state index is 12.7. The Morgan fingerprint density at radius 2 is 2.17 bits per heavy atom. The average molecular weight is 341 g/mol. The zero-order chi connectivity index (χ0) is 17.2. The van der Waals surface area contributed by atoms with Gasteiger partial charge in [0.2, 0.25) is 5.88 Å². The summed E-state index contributed by atoms with van der Waals surface area (Å²) in [6, 6.07) is 1.75. The Balaban J connectivity index is 1.74. The van der Waals surface area contributed by atoms with Crippen molar-refractivity contribution in [2.75, 3.05) is 24.6 Å². The highest BCUT2D eigenvalue weighted by Crippen LogP contribution is 2.32. The highest BCUT2D eigenvalue weighted by Gasteiger charge is 2.34. The average Bonchev–Trinajstić information content (AvgIpc) is 3.06. The van der Waals surface area contributed by atoms with E-state index in [0.29, 0.717) is 30.7 Å². The largest absolute Gasteiger partial charge is 0.478 e. The first kappa shape index (κ1) is 16.5. The topological polar surface area (TPSA) is 66.9 Å². The number of aromatic amines is 1. The molecule has 2 aromatic heterocycles. The minimum atomic E-state index is -4.40. The van der Waals surface area contributed by atoms with Gasteiger partial charge in [-0.1, -0.05) is 0 Å². The quantitative estimate of drug-likeness (QED) is 0.926. The lowest BCUT2D eigenvalue weighted by Gasteiger charge is -2.32. The lowest BCUT2D eigenvalue weighted by molar-refractivity contribution is -0.141. The lowest BCUT2D eigenvalue weighted by atomic mass is 9.97. The van der Waals surface area contributed by atoms with Crippen molar-refractivity contribution in [1.82, 2.24) is 19.9 Å². The second-order valence-electron chi connectivity index (χ2n) is 5.61. The fraction of sp³-hybridized carbons (Fsp3) is 0.533. The van der Waals surface area contributed by atoms with Gasteiger partial charge in [-0.15, -0.1) is 0 Å². The van der Waals surface area contributed by atoms with Crippen molar-refractivity contribution in [3.8, 4) is 5.88 Å². The third kappa shape index (κ3) is 3.60. The van der Waals surface area contributed by atoms with E-state index in [0.717, 1.165) is 25.6 Å². The van der Waals surface area contributed by atoms with Crippen molar-refractivity contribution >= 4 is 5.82 Å². The van der Waals surface area contributed by atoms with Crippen LogP contribution in [0.2, 0.25) is 0 Å². The number of anilines is 1. The van der Waals surface area contributed by atoms with Crippen molar-refractivity contribution in [1.29, 1.82) is 0 Å². The van der Waals surface area contributed by atoms with Gasteiger partial charge in [0.15, 0.2) is 0 Å². The van der Waals surface area contributed by atoms with Crippen LogP contribution in [-0.2, 0) is 6.18 Å². The van der Waals surface area contributed by atoms with Crippen molar-refractivity contribution in [2.24, 2.45) is 0 Å². The number of hydrogen-bond donors (Lipinski definition) is 1. The summed E-state index contributed by atoms with van der Waals surface area (Å²) in [5, 5.41) is 0. The molecule has 9 heteroatoms. The van der Waals surface area contributed by atoms with Crippen LogP contribution < -0.4 is 9.64 Å². The monoisotopic (exact) mass is 341 g/mol. The molecule has 1 fully saturated rings. The molecule has 0 aromatic carbocycles. The van der Waals surface area contributed by atoms with Crippen LogP contribution >= 0.6 is 0 Å². The third-order valence-corrected chi connectivity index (χ3v) is 3.95. The minimum absolute atomic E-state index is 0.0969. The Kier molecular flexibility index (Phi) is 4.59. The number of rotatable bonds is 4. The maximum Gasteiger partial charge on any atom is 0.432 e. The summed E-state index contributed by atoms with van der Waals surface area (Å²) in [7, 11) is 0. The minimum Gasteiger partial charge on any atom is -0.478 e. The van der Waals surface area contributed by atoms with Crippen LogP contribution in [0.1, 0.15) is 37.2 Å². The molecule has 130 valence electrons. The van der Waals surface area contributed by atoms with Crippen LogP contribution in [0.5, 0.6) is 5.88 Å². The van der Waals surface area contributed by atoms with E-state index in [4.69, 9.17) is 4.74 Å². The summed E-state index contributed by atoms with van der Waals surface area (Å²) >= 11 is 0. The second-order valence-corrected chi connectivity index (χ2v) is 5.61. The number of ether oxygens (including phenoxy) is 1. The molecule has 1 N–H and O–H groups in total. The van der Waals surface area contributed by atoms with E-state index in [1.807, 2.05) is 11.8 Å². The van der Waals surface area contributed by atoms with Crippen molar-refractivity contribution < 1.29 is 17.9 Å². The van der Waals surface area contributed by atoms with Gasteiger partial charge < -0.3 is 14.6 Å². The normalized spacial score (nSPS) is 18.7. The predicted octanol–water partition coefficient (Wildman–Crippen LogP) is 3.00. The molecule has 6 nitrogen and oxygen atoms in total. The molecule has 3 heterocycles. The molecule has 1 saturated heterocycles. The van der Waals surface area contributed by atoms with E-state index in [9.17, 15) is 13.2 Å². The predicted molar refractivity (Wildman–Crippen MR) is 81.0 cm³/mol. The van der Waals surface area contributed by atoms with E-state index in [-0.39, 0.29) is 5.92 Å². The van der Waals surface area contributed by atoms with Crippen LogP contribution in [0, 0.1) is 0 Å². The van der Waals surface area contributed by atoms with Gasteiger partial charge in [0.1, 0.15) is 23.7 Å². The number of hydrogen-bond acceptors (Lipinski definition) is 5. The molecule has 1 aliphatic heterocycles. The summed E-state index contributed by atoms with van der Waals surface area (Å²) < 4.78 is 43.5. The Morgan fingerprint density at radius 3 is 2.88 bits per heavy atom. The van der Waals surface area contributed by atoms with E-state index in [2.05, 4.69) is 19.9 Å². The first-order valence-electron chi connectivity index (χ1n) is 7.79. The first-order valence-corrected chi connectivity index (χ1v) is 7.79. The van der Waals surface area contributed by atoms with Gasteiger partial charge in [-0.25, -0.2) is 15.0 Å². The highest BCUT2D eigenvalue weighted by molar-refractivity contribution is 5.42. The summed E-state index contributed by atoms with van der Waals surface area (Å²) in [6.07, 6.45) is -0.491. The number of nitrogens with zero attached hydrogens (tertiary/aromatic N) is 4. The summed E-state index contributed by atoms with van der Waals surface area (Å²) in [5.41, 5.74) is -0.810. The van der Waals surface area contributed by atoms with Gasteiger partial charge in [0, 0.05) is 25.1 Å². The fourth-order valence-corrected chi connectivity index (χ4v) is 2.83. The molecule has 2 aromatic rings. The molecule has 1 unspecified atom stereocenters. The molecule has 24 heavy (non-hydrogen) atoms. The molecule has 1 aliphatic rings. The van der Waals surface area contributed by atoms with Crippen LogP contribution in [0.15, 0.2) is 18.6 Å². The number of aromatic nitrogens is 4. The molecule has 0 saturated carbocycles. The van der Waals surface area contributed by atoms with Gasteiger partial charge in [-0.05, 0) is 19.8 Å². The smallest absolute Gasteiger partial charge is 0.432 e. The van der Waals surface area contributed by atoms with Crippen LogP contribution in [0.4, 0.5) is 19.0 Å². The number of H-pyrrole nitrogens is 1. The molecule has 3 rings (SSSR count). The van der Waals surface area contributed by atoms with E-state index in [1.54, 1.807) is 6.07 Å². The zero-order valence-electron chi connectivity index (χ0n) is 13.2. The Hall–Kier alpha value is -2.32. The lowest BCUT2D eigenvalue weighted by Crippen LogP contribution is -2.35. The van der Waals surface area contributed by atoms with Crippen LogP contribution in [0.25, 0.3) is 0 Å². The van der Waals surface area contributed by atoms with Crippen LogP contribution in [0.3, 0.4) is 0 Å². The molecular weight excluding hydrogens is 323 g/mol. The Labute approximate surface area is 137 Å². The molecule has 0 amide bonds. The third-order valence-electron chi connectivity index (χ3n) is 3.95. The number of piperidine rings is 1. The molecule has 0 radical (unpaired) electrons. The van der Waals surface area contributed by atoms with E-state index in [1.165, 1.54) is 6.33 Å². The first-order chi connectivity index (χ1) is 11.5. The maximum absolute atomic E-state index is 12.7. The van der Waals surface area contributed by atoms with Crippen molar-refractivity contribution in [2.45, 2.75) is 31.9 Å². The number of alkyl halides is 3. The van der Waals surface area contributed by atoms with Crippen LogP contribution in [-0.4, -0.2) is 39.6 Å². The van der Waals surface area contributed by atoms with Gasteiger partial charge in [0.25, 0.3) is 0 Å². The van der Waals surface area contributed by atoms with Gasteiger partial charge >= 0.3 is 6.18 Å². The van der Waals surface area contributed by atoms with Crippen molar-refractivity contribution in [3.05, 3.63) is 30.1 Å². The molecular formula is C15H18F3N5O. The molecule has 0 spiro atoms. The summed E-state index contributed by atoms with van der Waals surface area (Å²) in [6.45, 7) is 3.71. The van der Waals surface area contributed by atoms with Crippen molar-refractivity contribution in [3.63, 3.8) is 0 Å². The van der Waals surface area contributed by atoms with Gasteiger partial charge in [-0.3, -0.25) is 0 Å². The SMILES string of the molecule is CCOc1cc(N2CCCC(c3ncc(C(F)(F)F)[nH]3)C2)ncn1.